The molecular weight excluding hydrogens is 370 g/mol. The number of hydrogen-bond donors (Lipinski definition) is 1. The molecule has 0 aliphatic heterocycles. The molecule has 2 aromatic carbocycles. The van der Waals surface area contributed by atoms with Crippen molar-refractivity contribution < 1.29 is 9.53 Å². The van der Waals surface area contributed by atoms with E-state index in [0.29, 0.717) is 17.4 Å². The zero-order valence-corrected chi connectivity index (χ0v) is 16.8. The van der Waals surface area contributed by atoms with Crippen LogP contribution in [0.5, 0.6) is 0 Å². The van der Waals surface area contributed by atoms with Crippen LogP contribution in [0, 0.1) is 0 Å². The van der Waals surface area contributed by atoms with Gasteiger partial charge in [-0.25, -0.2) is 4.98 Å². The number of hydrogen-bond acceptors (Lipinski definition) is 6. The standard InChI is InChI=1S/C22H23N3O2S/c1-3-16-5-9-18(10-6-16)19-11-7-17(8-12-19)14-23-25-22-24-20(15-28-22)13-21(26)27-4-2/h5-12,14-15H,3-4,13H2,1-2H3,(H,24,25). The van der Waals surface area contributed by atoms with Gasteiger partial charge < -0.3 is 4.74 Å². The number of carbonyl (C=O) groups excluding carboxylic acids is 1. The summed E-state index contributed by atoms with van der Waals surface area (Å²) in [6, 6.07) is 16.9. The lowest BCUT2D eigenvalue weighted by Crippen LogP contribution is -2.07. The molecule has 1 aromatic heterocycles. The quantitative estimate of drug-likeness (QED) is 0.335. The number of nitrogens with one attached hydrogen (secondary N) is 1. The fourth-order valence-electron chi connectivity index (χ4n) is 2.66. The number of carbonyl (C=O) groups is 1. The molecule has 0 amide bonds. The lowest BCUT2D eigenvalue weighted by Gasteiger charge is -2.03. The van der Waals surface area contributed by atoms with E-state index in [-0.39, 0.29) is 12.4 Å². The molecule has 3 rings (SSSR count). The number of hydrazone groups is 1. The third kappa shape index (κ3) is 5.50. The van der Waals surface area contributed by atoms with Gasteiger partial charge in [0.25, 0.3) is 0 Å². The van der Waals surface area contributed by atoms with Crippen LogP contribution >= 0.6 is 11.3 Å². The molecule has 28 heavy (non-hydrogen) atoms. The summed E-state index contributed by atoms with van der Waals surface area (Å²) in [5.41, 5.74) is 8.29. The minimum atomic E-state index is -0.271. The molecule has 0 unspecified atom stereocenters. The molecule has 0 saturated heterocycles. The fraction of sp³-hybridized carbons (Fsp3) is 0.227. The number of anilines is 1. The maximum absolute atomic E-state index is 11.5. The van der Waals surface area contributed by atoms with Crippen LogP contribution in [0.4, 0.5) is 5.13 Å². The van der Waals surface area contributed by atoms with Crippen molar-refractivity contribution >= 4 is 28.7 Å². The Morgan fingerprint density at radius 1 is 1.11 bits per heavy atom. The Kier molecular flexibility index (Phi) is 6.92. The van der Waals surface area contributed by atoms with E-state index in [0.717, 1.165) is 12.0 Å². The number of aromatic nitrogens is 1. The first-order chi connectivity index (χ1) is 13.7. The van der Waals surface area contributed by atoms with Crippen LogP contribution < -0.4 is 5.43 Å². The van der Waals surface area contributed by atoms with Gasteiger partial charge in [-0.3, -0.25) is 10.2 Å². The molecule has 144 valence electrons. The van der Waals surface area contributed by atoms with Gasteiger partial charge in [-0.1, -0.05) is 55.5 Å². The minimum absolute atomic E-state index is 0.177. The van der Waals surface area contributed by atoms with Crippen LogP contribution in [0.2, 0.25) is 0 Å². The number of rotatable bonds is 8. The summed E-state index contributed by atoms with van der Waals surface area (Å²) in [6.45, 7) is 4.32. The van der Waals surface area contributed by atoms with Crippen LogP contribution in [0.25, 0.3) is 11.1 Å². The number of aryl methyl sites for hydroxylation is 1. The van der Waals surface area contributed by atoms with Crippen LogP contribution in [0.15, 0.2) is 59.0 Å². The number of thiazole rings is 1. The molecule has 1 N–H and O–H groups in total. The molecule has 5 nitrogen and oxygen atoms in total. The monoisotopic (exact) mass is 393 g/mol. The average Bonchev–Trinajstić information content (AvgIpc) is 3.16. The van der Waals surface area contributed by atoms with E-state index in [4.69, 9.17) is 4.74 Å². The Labute approximate surface area is 169 Å². The van der Waals surface area contributed by atoms with Gasteiger partial charge in [0.1, 0.15) is 0 Å². The summed E-state index contributed by atoms with van der Waals surface area (Å²) in [7, 11) is 0. The number of ether oxygens (including phenoxy) is 1. The van der Waals surface area contributed by atoms with Crippen molar-refractivity contribution in [2.75, 3.05) is 12.0 Å². The van der Waals surface area contributed by atoms with Gasteiger partial charge in [-0.2, -0.15) is 5.10 Å². The Hall–Kier alpha value is -2.99. The summed E-state index contributed by atoms with van der Waals surface area (Å²) in [5.74, 6) is -0.271. The highest BCUT2D eigenvalue weighted by Crippen LogP contribution is 2.20. The SMILES string of the molecule is CCOC(=O)Cc1csc(NN=Cc2ccc(-c3ccc(CC)cc3)cc2)n1. The predicted octanol–water partition coefficient (Wildman–Crippen LogP) is 4.92. The highest BCUT2D eigenvalue weighted by atomic mass is 32.1. The van der Waals surface area contributed by atoms with E-state index in [1.54, 1.807) is 13.1 Å². The highest BCUT2D eigenvalue weighted by molar-refractivity contribution is 7.13. The molecule has 0 atom stereocenters. The van der Waals surface area contributed by atoms with Crippen molar-refractivity contribution in [3.8, 4) is 11.1 Å². The van der Waals surface area contributed by atoms with Gasteiger partial charge in [0, 0.05) is 5.38 Å². The number of benzene rings is 2. The zero-order chi connectivity index (χ0) is 19.8. The van der Waals surface area contributed by atoms with Gasteiger partial charge in [-0.05, 0) is 35.6 Å². The van der Waals surface area contributed by atoms with Crippen LogP contribution in [-0.4, -0.2) is 23.8 Å². The van der Waals surface area contributed by atoms with Crippen molar-refractivity contribution in [1.29, 1.82) is 0 Å². The van der Waals surface area contributed by atoms with E-state index in [2.05, 4.69) is 58.8 Å². The van der Waals surface area contributed by atoms with Crippen LogP contribution in [0.1, 0.15) is 30.7 Å². The van der Waals surface area contributed by atoms with E-state index >= 15 is 0 Å². The van der Waals surface area contributed by atoms with Gasteiger partial charge in [0.05, 0.1) is 24.9 Å². The molecule has 0 bridgehead atoms. The van der Waals surface area contributed by atoms with E-state index in [1.807, 2.05) is 17.5 Å². The Morgan fingerprint density at radius 2 is 1.79 bits per heavy atom. The molecule has 1 heterocycles. The lowest BCUT2D eigenvalue weighted by atomic mass is 10.0. The van der Waals surface area contributed by atoms with Gasteiger partial charge in [-0.15, -0.1) is 11.3 Å². The molecule has 3 aromatic rings. The summed E-state index contributed by atoms with van der Waals surface area (Å²) in [4.78, 5) is 15.8. The Balaban J connectivity index is 1.56. The second kappa shape index (κ2) is 9.80. The number of esters is 1. The van der Waals surface area contributed by atoms with Gasteiger partial charge >= 0.3 is 5.97 Å². The van der Waals surface area contributed by atoms with Gasteiger partial charge in [0.15, 0.2) is 0 Å². The molecule has 0 radical (unpaired) electrons. The lowest BCUT2D eigenvalue weighted by molar-refractivity contribution is -0.142. The Morgan fingerprint density at radius 3 is 2.43 bits per heavy atom. The van der Waals surface area contributed by atoms with Gasteiger partial charge in [0.2, 0.25) is 5.13 Å². The predicted molar refractivity (Wildman–Crippen MR) is 115 cm³/mol. The molecule has 6 heteroatoms. The normalized spacial score (nSPS) is 10.9. The van der Waals surface area contributed by atoms with Crippen LogP contribution in [-0.2, 0) is 22.4 Å². The number of nitrogens with zero attached hydrogens (tertiary/aromatic N) is 2. The van der Waals surface area contributed by atoms with E-state index in [9.17, 15) is 4.79 Å². The molecular formula is C22H23N3O2S. The summed E-state index contributed by atoms with van der Waals surface area (Å²) < 4.78 is 4.92. The molecule has 0 aliphatic carbocycles. The summed E-state index contributed by atoms with van der Waals surface area (Å²) in [6.07, 6.45) is 2.97. The topological polar surface area (TPSA) is 63.6 Å². The van der Waals surface area contributed by atoms with Crippen molar-refractivity contribution in [3.05, 3.63) is 70.7 Å². The second-order valence-corrected chi connectivity index (χ2v) is 7.03. The minimum Gasteiger partial charge on any atom is -0.466 e. The van der Waals surface area contributed by atoms with Crippen molar-refractivity contribution in [2.45, 2.75) is 26.7 Å². The Bertz CT molecular complexity index is 931. The smallest absolute Gasteiger partial charge is 0.311 e. The first-order valence-electron chi connectivity index (χ1n) is 9.26. The molecule has 0 saturated carbocycles. The fourth-order valence-corrected chi connectivity index (χ4v) is 3.32. The molecule has 0 aliphatic rings. The van der Waals surface area contributed by atoms with E-state index < -0.39 is 0 Å². The summed E-state index contributed by atoms with van der Waals surface area (Å²) >= 11 is 1.40. The molecule has 0 fully saturated rings. The first-order valence-corrected chi connectivity index (χ1v) is 10.1. The van der Waals surface area contributed by atoms with Crippen molar-refractivity contribution in [2.24, 2.45) is 5.10 Å². The zero-order valence-electron chi connectivity index (χ0n) is 16.0. The maximum Gasteiger partial charge on any atom is 0.311 e. The average molecular weight is 394 g/mol. The van der Waals surface area contributed by atoms with Crippen molar-refractivity contribution in [1.82, 2.24) is 4.98 Å². The molecule has 0 spiro atoms. The maximum atomic E-state index is 11.5. The first kappa shape index (κ1) is 19.8. The van der Waals surface area contributed by atoms with Crippen LogP contribution in [0.3, 0.4) is 0 Å². The third-order valence-corrected chi connectivity index (χ3v) is 4.96. The van der Waals surface area contributed by atoms with E-state index in [1.165, 1.54) is 28.0 Å². The largest absolute Gasteiger partial charge is 0.466 e. The van der Waals surface area contributed by atoms with Crippen molar-refractivity contribution in [3.63, 3.8) is 0 Å². The summed E-state index contributed by atoms with van der Waals surface area (Å²) in [5, 5.41) is 6.69. The second-order valence-electron chi connectivity index (χ2n) is 6.17. The highest BCUT2D eigenvalue weighted by Gasteiger charge is 2.07. The third-order valence-electron chi connectivity index (χ3n) is 4.16.